The van der Waals surface area contributed by atoms with Crippen molar-refractivity contribution in [2.45, 2.75) is 69.9 Å². The molecule has 8 heteroatoms. The van der Waals surface area contributed by atoms with Gasteiger partial charge in [-0.05, 0) is 87.3 Å². The van der Waals surface area contributed by atoms with E-state index in [1.807, 2.05) is 23.2 Å². The van der Waals surface area contributed by atoms with E-state index in [1.165, 1.54) is 12.1 Å². The zero-order chi connectivity index (χ0) is 28.2. The summed E-state index contributed by atoms with van der Waals surface area (Å²) in [5, 5.41) is 0.390. The van der Waals surface area contributed by atoms with E-state index < -0.39 is 11.4 Å². The van der Waals surface area contributed by atoms with Crippen molar-refractivity contribution in [3.05, 3.63) is 76.1 Å². The first-order valence-corrected chi connectivity index (χ1v) is 14.3. The number of halogens is 2. The Morgan fingerprint density at radius 1 is 1.07 bits per heavy atom. The zero-order valence-corrected chi connectivity index (χ0v) is 23.0. The molecule has 0 bridgehead atoms. The Hall–Kier alpha value is -3.52. The number of fused-ring (bicyclic) bond motifs is 1. The normalized spacial score (nSPS) is 19.1. The number of allylic oxidation sites excluding steroid dienone is 1. The van der Waals surface area contributed by atoms with E-state index in [1.54, 1.807) is 17.9 Å². The molecular weight excluding hydrogens is 510 g/mol. The molecule has 0 radical (unpaired) electrons. The number of pyridine rings is 1. The zero-order valence-electron chi connectivity index (χ0n) is 23.0. The van der Waals surface area contributed by atoms with Crippen LogP contribution in [0.1, 0.15) is 69.0 Å². The number of carbonyl (C=O) groups is 1. The van der Waals surface area contributed by atoms with Gasteiger partial charge in [0.2, 0.25) is 5.91 Å². The van der Waals surface area contributed by atoms with Gasteiger partial charge in [-0.3, -0.25) is 9.59 Å². The number of hydrogen-bond acceptors (Lipinski definition) is 4. The molecule has 3 aliphatic rings. The lowest BCUT2D eigenvalue weighted by Gasteiger charge is -2.40. The van der Waals surface area contributed by atoms with Gasteiger partial charge in [-0.1, -0.05) is 12.6 Å². The van der Waals surface area contributed by atoms with Crippen molar-refractivity contribution in [3.8, 4) is 0 Å². The fourth-order valence-electron chi connectivity index (χ4n) is 6.21. The van der Waals surface area contributed by atoms with Crippen molar-refractivity contribution < 1.29 is 13.6 Å². The minimum atomic E-state index is -0.480. The summed E-state index contributed by atoms with van der Waals surface area (Å²) in [4.78, 5) is 28.7. The second kappa shape index (κ2) is 10.1. The second-order valence-electron chi connectivity index (χ2n) is 11.9. The lowest BCUT2D eigenvalue weighted by atomic mass is 9.83. The van der Waals surface area contributed by atoms with Gasteiger partial charge >= 0.3 is 0 Å². The summed E-state index contributed by atoms with van der Waals surface area (Å²) in [5.74, 6) is -0.683. The Morgan fingerprint density at radius 2 is 1.82 bits per heavy atom. The van der Waals surface area contributed by atoms with Crippen molar-refractivity contribution in [1.82, 2.24) is 4.57 Å². The number of piperidine rings is 1. The average molecular weight is 547 g/mol. The summed E-state index contributed by atoms with van der Waals surface area (Å²) in [7, 11) is 0. The molecule has 1 aromatic heterocycles. The van der Waals surface area contributed by atoms with Gasteiger partial charge < -0.3 is 20.1 Å². The van der Waals surface area contributed by atoms with Crippen LogP contribution in [0.3, 0.4) is 0 Å². The largest absolute Gasteiger partial charge is 0.369 e. The number of carbonyl (C=O) groups excluding carboxylic acids is 1. The molecule has 6 nitrogen and oxygen atoms in total. The maximum Gasteiger partial charge on any atom is 0.227 e. The molecule has 0 spiro atoms. The van der Waals surface area contributed by atoms with Crippen molar-refractivity contribution in [2.75, 3.05) is 29.4 Å². The highest BCUT2D eigenvalue weighted by Crippen LogP contribution is 2.39. The van der Waals surface area contributed by atoms with Crippen molar-refractivity contribution in [2.24, 2.45) is 5.73 Å². The fourth-order valence-corrected chi connectivity index (χ4v) is 6.21. The first-order chi connectivity index (χ1) is 19.1. The number of amides is 1. The fraction of sp³-hybridized carbons (Fsp3) is 0.438. The van der Waals surface area contributed by atoms with Gasteiger partial charge in [-0.25, -0.2) is 8.78 Å². The number of nitrogens with two attached hydrogens (primary N) is 1. The van der Waals surface area contributed by atoms with E-state index in [0.29, 0.717) is 91.2 Å². The van der Waals surface area contributed by atoms with Crippen LogP contribution in [-0.4, -0.2) is 35.6 Å². The van der Waals surface area contributed by atoms with Gasteiger partial charge in [0.1, 0.15) is 11.6 Å². The predicted molar refractivity (Wildman–Crippen MR) is 156 cm³/mol. The lowest BCUT2D eigenvalue weighted by Crippen LogP contribution is -2.51. The van der Waals surface area contributed by atoms with E-state index in [9.17, 15) is 14.0 Å². The summed E-state index contributed by atoms with van der Waals surface area (Å²) in [5.41, 5.74) is 9.76. The van der Waals surface area contributed by atoms with E-state index in [0.717, 1.165) is 24.8 Å². The molecular formula is C32H36F2N4O2. The highest BCUT2D eigenvalue weighted by Gasteiger charge is 2.33. The van der Waals surface area contributed by atoms with Crippen molar-refractivity contribution in [3.63, 3.8) is 0 Å². The first kappa shape index (κ1) is 26.7. The Morgan fingerprint density at radius 3 is 2.45 bits per heavy atom. The van der Waals surface area contributed by atoms with Crippen molar-refractivity contribution >= 4 is 33.8 Å². The maximum atomic E-state index is 15.4. The maximum absolute atomic E-state index is 15.4. The molecule has 0 atom stereocenters. The van der Waals surface area contributed by atoms with Crippen LogP contribution in [0.15, 0.2) is 47.9 Å². The Labute approximate surface area is 233 Å². The van der Waals surface area contributed by atoms with Gasteiger partial charge in [-0.2, -0.15) is 0 Å². The van der Waals surface area contributed by atoms with Gasteiger partial charge in [0.05, 0.1) is 11.2 Å². The molecule has 2 saturated heterocycles. The first-order valence-electron chi connectivity index (χ1n) is 14.3. The lowest BCUT2D eigenvalue weighted by molar-refractivity contribution is -0.117. The molecule has 1 amide bonds. The van der Waals surface area contributed by atoms with Crippen LogP contribution in [0.25, 0.3) is 16.5 Å². The SMILES string of the molecule is C=C(C)c1cn(C2CC2)c2cc(N3CCC(N)(CCc4ccc(N5CCCC5=O)cc4F)CC3)c(F)cc2c1=O. The van der Waals surface area contributed by atoms with E-state index >= 15 is 4.39 Å². The highest BCUT2D eigenvalue weighted by molar-refractivity contribution is 5.95. The minimum Gasteiger partial charge on any atom is -0.369 e. The number of hydrogen-bond donors (Lipinski definition) is 1. The molecule has 6 rings (SSSR count). The highest BCUT2D eigenvalue weighted by atomic mass is 19.1. The standard InChI is InChI=1S/C32H36F2N4O2/c1-20(2)25-19-38(22-7-8-22)28-18-29(27(34)17-24(28)31(25)40)36-14-11-32(35,12-15-36)10-9-21-5-6-23(16-26(21)33)37-13-3-4-30(37)39/h5-6,16-19,22H,1,3-4,7-15,35H2,2H3. The molecule has 210 valence electrons. The minimum absolute atomic E-state index is 0.0371. The number of nitrogens with zero attached hydrogens (tertiary/aromatic N) is 3. The van der Waals surface area contributed by atoms with Crippen LogP contribution >= 0.6 is 0 Å². The van der Waals surface area contributed by atoms with E-state index in [-0.39, 0.29) is 17.2 Å². The average Bonchev–Trinajstić information content (AvgIpc) is 3.68. The Kier molecular flexibility index (Phi) is 6.77. The quantitative estimate of drug-likeness (QED) is 0.412. The van der Waals surface area contributed by atoms with Crippen LogP contribution in [0.4, 0.5) is 20.2 Å². The molecule has 3 heterocycles. The van der Waals surface area contributed by atoms with Gasteiger partial charge in [0.25, 0.3) is 0 Å². The van der Waals surface area contributed by atoms with Crippen molar-refractivity contribution in [1.29, 1.82) is 0 Å². The van der Waals surface area contributed by atoms with Crippen LogP contribution in [0.5, 0.6) is 0 Å². The number of aromatic nitrogens is 1. The Balaban J connectivity index is 1.16. The smallest absolute Gasteiger partial charge is 0.227 e. The third-order valence-corrected chi connectivity index (χ3v) is 8.91. The third-order valence-electron chi connectivity index (χ3n) is 8.91. The third kappa shape index (κ3) is 4.94. The van der Waals surface area contributed by atoms with Crippen LogP contribution in [0, 0.1) is 11.6 Å². The topological polar surface area (TPSA) is 71.6 Å². The molecule has 3 aromatic rings. The summed E-state index contributed by atoms with van der Waals surface area (Å²) in [6, 6.07) is 8.55. The summed E-state index contributed by atoms with van der Waals surface area (Å²) in [6.45, 7) is 7.53. The van der Waals surface area contributed by atoms with E-state index in [4.69, 9.17) is 5.73 Å². The summed E-state index contributed by atoms with van der Waals surface area (Å²) < 4.78 is 32.4. The number of rotatable bonds is 7. The van der Waals surface area contributed by atoms with Crippen LogP contribution in [-0.2, 0) is 11.2 Å². The summed E-state index contributed by atoms with van der Waals surface area (Å²) >= 11 is 0. The molecule has 1 saturated carbocycles. The molecule has 1 aliphatic carbocycles. The van der Waals surface area contributed by atoms with Crippen LogP contribution in [0.2, 0.25) is 0 Å². The van der Waals surface area contributed by atoms with Gasteiger partial charge in [0.15, 0.2) is 5.43 Å². The van der Waals surface area contributed by atoms with Gasteiger partial charge in [-0.15, -0.1) is 0 Å². The Bertz CT molecular complexity index is 1570. The van der Waals surface area contributed by atoms with Gasteiger partial charge in [0, 0.05) is 60.5 Å². The number of aryl methyl sites for hydroxylation is 1. The molecule has 0 unspecified atom stereocenters. The summed E-state index contributed by atoms with van der Waals surface area (Å²) in [6.07, 6.45) is 7.68. The molecule has 2 aromatic carbocycles. The number of benzene rings is 2. The van der Waals surface area contributed by atoms with E-state index in [2.05, 4.69) is 11.1 Å². The predicted octanol–water partition coefficient (Wildman–Crippen LogP) is 5.71. The second-order valence-corrected chi connectivity index (χ2v) is 11.9. The van der Waals surface area contributed by atoms with Crippen LogP contribution < -0.4 is 21.0 Å². The molecule has 40 heavy (non-hydrogen) atoms. The molecule has 3 fully saturated rings. The molecule has 2 aliphatic heterocycles. The molecule has 2 N–H and O–H groups in total. The monoisotopic (exact) mass is 546 g/mol. The number of anilines is 2.